The van der Waals surface area contributed by atoms with Crippen LogP contribution in [0.3, 0.4) is 0 Å². The number of nitrogens with one attached hydrogen (secondary N) is 3. The third-order valence-corrected chi connectivity index (χ3v) is 14.9. The van der Waals surface area contributed by atoms with Gasteiger partial charge in [0.25, 0.3) is 11.8 Å². The summed E-state index contributed by atoms with van der Waals surface area (Å²) in [7, 11) is 1.55. The van der Waals surface area contributed by atoms with Crippen molar-refractivity contribution < 1.29 is 43.0 Å². The molecule has 0 saturated heterocycles. The first-order chi connectivity index (χ1) is 35.8. The van der Waals surface area contributed by atoms with Gasteiger partial charge >= 0.3 is 0 Å². The van der Waals surface area contributed by atoms with Crippen molar-refractivity contribution in [2.45, 2.75) is 130 Å². The van der Waals surface area contributed by atoms with Crippen molar-refractivity contribution in [3.63, 3.8) is 0 Å². The number of fused-ring (bicyclic) bond motifs is 8. The Morgan fingerprint density at radius 3 is 1.86 bits per heavy atom. The molecule has 5 aromatic rings. The van der Waals surface area contributed by atoms with Gasteiger partial charge in [-0.15, -0.1) is 0 Å². The van der Waals surface area contributed by atoms with E-state index in [0.717, 1.165) is 71.3 Å². The lowest BCUT2D eigenvalue weighted by Crippen LogP contribution is -2.39. The standard InChI is InChI=1S/C60H67N5O9/c1-6-61-33-48(66)15-9-12-18-57(68)62-38(4)53(67)24-37(3)58(69)63-45-26-39(34-73-54-30-41-19-21-46-28-43-13-7-10-16-51(43)64(46)59(70)49(41)23-36(54)2)25-40(27-45)35-74-56-31-42-20-22-47-29-44-14-8-11-17-52(44)65(47)60(71)50(42)32-55(56)72-5/h7-8,10-11,13-14,16-17,23,25-27,30-32,37-38,46-47,61H,6,9,12,15,18-22,24,28-29,33-35H2,1-5H3,(H,62,68)(H,63,69)/t37-,38+,46-,47-/m1/s1. The summed E-state index contributed by atoms with van der Waals surface area (Å²) in [5.41, 5.74) is 10.2. The first-order valence-corrected chi connectivity index (χ1v) is 26.2. The Morgan fingerprint density at radius 1 is 0.689 bits per heavy atom. The molecule has 3 N–H and O–H groups in total. The van der Waals surface area contributed by atoms with Crippen LogP contribution in [-0.2, 0) is 58.1 Å². The Morgan fingerprint density at radius 2 is 1.26 bits per heavy atom. The molecule has 9 rings (SSSR count). The molecule has 0 aliphatic carbocycles. The zero-order valence-corrected chi connectivity index (χ0v) is 43.1. The van der Waals surface area contributed by atoms with Gasteiger partial charge < -0.3 is 40.0 Å². The van der Waals surface area contributed by atoms with Crippen LogP contribution in [0.25, 0.3) is 0 Å². The highest BCUT2D eigenvalue weighted by Gasteiger charge is 2.39. The fourth-order valence-electron chi connectivity index (χ4n) is 10.9. The number of ether oxygens (including phenoxy) is 3. The predicted octanol–water partition coefficient (Wildman–Crippen LogP) is 8.97. The van der Waals surface area contributed by atoms with Crippen LogP contribution in [0, 0.1) is 12.8 Å². The van der Waals surface area contributed by atoms with Gasteiger partial charge in [0.15, 0.2) is 17.3 Å². The van der Waals surface area contributed by atoms with Crippen LogP contribution in [0.2, 0.25) is 0 Å². The van der Waals surface area contributed by atoms with Gasteiger partial charge in [0.05, 0.1) is 19.7 Å². The summed E-state index contributed by atoms with van der Waals surface area (Å²) in [6.07, 6.45) is 6.31. The smallest absolute Gasteiger partial charge is 0.258 e. The minimum atomic E-state index is -0.794. The molecule has 0 aromatic heterocycles. The van der Waals surface area contributed by atoms with Crippen molar-refractivity contribution in [1.29, 1.82) is 0 Å². The maximum absolute atomic E-state index is 14.2. The first-order valence-electron chi connectivity index (χ1n) is 26.2. The first kappa shape index (κ1) is 51.6. The van der Waals surface area contributed by atoms with E-state index in [1.54, 1.807) is 27.0 Å². The highest BCUT2D eigenvalue weighted by atomic mass is 16.5. The molecule has 0 spiro atoms. The number of likely N-dealkylation sites (N-methyl/N-ethyl adjacent to an activating group) is 1. The van der Waals surface area contributed by atoms with Gasteiger partial charge in [-0.2, -0.15) is 0 Å². The number of amides is 4. The van der Waals surface area contributed by atoms with Gasteiger partial charge in [-0.05, 0) is 165 Å². The van der Waals surface area contributed by atoms with E-state index < -0.39 is 12.0 Å². The van der Waals surface area contributed by atoms with E-state index in [1.807, 2.05) is 96.4 Å². The number of carbonyl (C=O) groups is 6. The van der Waals surface area contributed by atoms with Gasteiger partial charge in [-0.3, -0.25) is 28.8 Å². The maximum atomic E-state index is 14.2. The van der Waals surface area contributed by atoms with Crippen LogP contribution in [-0.4, -0.2) is 73.5 Å². The zero-order valence-electron chi connectivity index (χ0n) is 43.1. The SMILES string of the molecule is CCNCC(=O)CCCCC(=O)N[C@@H](C)C(=O)C[C@@H](C)C(=O)Nc1cc(COc2cc3c(cc2C)C(=O)N2c4ccccc4C[C@H]2CC3)cc(COc2cc3c(cc2OC)C(=O)N2c4ccccc4C[C@H]2CC3)c1. The van der Waals surface area contributed by atoms with Crippen molar-refractivity contribution in [1.82, 2.24) is 10.6 Å². The summed E-state index contributed by atoms with van der Waals surface area (Å²) >= 11 is 0. The lowest BCUT2D eigenvalue weighted by atomic mass is 9.98. The Labute approximate surface area is 433 Å². The minimum absolute atomic E-state index is 0.00544. The number of rotatable bonds is 21. The van der Waals surface area contributed by atoms with Crippen LogP contribution in [0.4, 0.5) is 17.1 Å². The van der Waals surface area contributed by atoms with E-state index >= 15 is 0 Å². The van der Waals surface area contributed by atoms with Gasteiger partial charge in [-0.25, -0.2) is 0 Å². The number of carbonyl (C=O) groups excluding carboxylic acids is 6. The molecule has 0 fully saturated rings. The molecule has 14 nitrogen and oxygen atoms in total. The molecule has 0 bridgehead atoms. The van der Waals surface area contributed by atoms with Gasteiger partial charge in [-0.1, -0.05) is 50.2 Å². The van der Waals surface area contributed by atoms with Gasteiger partial charge in [0.1, 0.15) is 24.7 Å². The second-order valence-electron chi connectivity index (χ2n) is 20.3. The number of Topliss-reactive ketones (excluding diaryl/α,β-unsaturated/α-hetero) is 2. The zero-order chi connectivity index (χ0) is 52.0. The van der Waals surface area contributed by atoms with Crippen molar-refractivity contribution in [2.75, 3.05) is 35.3 Å². The highest BCUT2D eigenvalue weighted by molar-refractivity contribution is 6.10. The Hall–Kier alpha value is -7.32. The molecule has 0 saturated carbocycles. The molecule has 0 radical (unpaired) electrons. The molecule has 4 aliphatic heterocycles. The van der Waals surface area contributed by atoms with Gasteiger partial charge in [0, 0.05) is 65.5 Å². The fraction of sp³-hybridized carbons (Fsp3) is 0.400. The number of anilines is 3. The number of hydrogen-bond donors (Lipinski definition) is 3. The second kappa shape index (κ2) is 22.8. The Bertz CT molecular complexity index is 2990. The van der Waals surface area contributed by atoms with Crippen LogP contribution < -0.4 is 40.0 Å². The quantitative estimate of drug-likeness (QED) is 0.0603. The van der Waals surface area contributed by atoms with Gasteiger partial charge in [0.2, 0.25) is 11.8 Å². The number of methoxy groups -OCH3 is 1. The number of nitrogens with zero attached hydrogens (tertiary/aromatic N) is 2. The maximum Gasteiger partial charge on any atom is 0.258 e. The summed E-state index contributed by atoms with van der Waals surface area (Å²) < 4.78 is 18.9. The van der Waals surface area contributed by atoms with Crippen LogP contribution in [0.5, 0.6) is 17.2 Å². The van der Waals surface area contributed by atoms with E-state index in [-0.39, 0.29) is 73.3 Å². The average molecular weight is 1000 g/mol. The topological polar surface area (TPSA) is 173 Å². The normalized spacial score (nSPS) is 17.0. The average Bonchev–Trinajstić information content (AvgIpc) is 3.89. The molecule has 4 aliphatic rings. The van der Waals surface area contributed by atoms with E-state index in [2.05, 4.69) is 28.1 Å². The van der Waals surface area contributed by atoms with Crippen molar-refractivity contribution in [3.8, 4) is 17.2 Å². The van der Waals surface area contributed by atoms with E-state index in [9.17, 15) is 28.8 Å². The minimum Gasteiger partial charge on any atom is -0.493 e. The molecule has 4 atom stereocenters. The molecule has 4 heterocycles. The third-order valence-electron chi connectivity index (χ3n) is 14.9. The molecular formula is C60H67N5O9. The molecule has 0 unspecified atom stereocenters. The lowest BCUT2D eigenvalue weighted by molar-refractivity contribution is -0.129. The molecule has 386 valence electrons. The van der Waals surface area contributed by atoms with E-state index in [4.69, 9.17) is 14.2 Å². The lowest BCUT2D eigenvalue weighted by Gasteiger charge is -2.23. The monoisotopic (exact) mass is 1000 g/mol. The van der Waals surface area contributed by atoms with Crippen LogP contribution in [0.15, 0.2) is 91.0 Å². The summed E-state index contributed by atoms with van der Waals surface area (Å²) in [5.74, 6) is -0.0430. The predicted molar refractivity (Wildman–Crippen MR) is 284 cm³/mol. The molecule has 14 heteroatoms. The second-order valence-corrected chi connectivity index (χ2v) is 20.3. The largest absolute Gasteiger partial charge is 0.493 e. The molecule has 5 aromatic carbocycles. The summed E-state index contributed by atoms with van der Waals surface area (Å²) in [6.45, 7) is 8.42. The Balaban J connectivity index is 0.901. The van der Waals surface area contributed by atoms with Crippen molar-refractivity contribution >= 4 is 52.3 Å². The third kappa shape index (κ3) is 11.4. The number of para-hydroxylation sites is 2. The van der Waals surface area contributed by atoms with Crippen molar-refractivity contribution in [2.24, 2.45) is 5.92 Å². The molecule has 74 heavy (non-hydrogen) atoms. The summed E-state index contributed by atoms with van der Waals surface area (Å²) in [5, 5.41) is 8.79. The molecule has 4 amide bonds. The van der Waals surface area contributed by atoms with E-state index in [0.29, 0.717) is 72.8 Å². The highest BCUT2D eigenvalue weighted by Crippen LogP contribution is 2.42. The van der Waals surface area contributed by atoms with Crippen LogP contribution >= 0.6 is 0 Å². The van der Waals surface area contributed by atoms with Crippen molar-refractivity contribution in [3.05, 3.63) is 141 Å². The number of ketones is 2. The Kier molecular flexibility index (Phi) is 15.9. The number of benzene rings is 5. The van der Waals surface area contributed by atoms with E-state index in [1.165, 1.54) is 11.1 Å². The summed E-state index contributed by atoms with van der Waals surface area (Å²) in [6, 6.07) is 28.8. The molecular weight excluding hydrogens is 935 g/mol. The number of unbranched alkanes of at least 4 members (excludes halogenated alkanes) is 1. The summed E-state index contributed by atoms with van der Waals surface area (Å²) in [4.78, 5) is 83.9. The number of aryl methyl sites for hydroxylation is 3. The van der Waals surface area contributed by atoms with Crippen LogP contribution in [0.1, 0.15) is 125 Å². The fourth-order valence-corrected chi connectivity index (χ4v) is 10.9. The number of hydrogen-bond acceptors (Lipinski definition) is 10.